The van der Waals surface area contributed by atoms with E-state index in [1.54, 1.807) is 12.1 Å². The van der Waals surface area contributed by atoms with Gasteiger partial charge in [0.1, 0.15) is 16.9 Å². The summed E-state index contributed by atoms with van der Waals surface area (Å²) in [5, 5.41) is 14.6. The average molecular weight is 425 g/mol. The molecule has 1 unspecified atom stereocenters. The largest absolute Gasteiger partial charge is 0.344 e. The van der Waals surface area contributed by atoms with Gasteiger partial charge in [-0.2, -0.15) is 0 Å². The number of aromatic nitrogens is 2. The normalized spacial score (nSPS) is 14.6. The third-order valence-electron chi connectivity index (χ3n) is 5.14. The molecule has 0 aliphatic heterocycles. The van der Waals surface area contributed by atoms with E-state index < -0.39 is 6.04 Å². The van der Waals surface area contributed by atoms with E-state index >= 15 is 0 Å². The van der Waals surface area contributed by atoms with Crippen LogP contribution in [0.2, 0.25) is 0 Å². The van der Waals surface area contributed by atoms with Gasteiger partial charge in [-0.1, -0.05) is 48.1 Å². The molecule has 0 saturated heterocycles. The van der Waals surface area contributed by atoms with Gasteiger partial charge in [0.05, 0.1) is 0 Å². The minimum absolute atomic E-state index is 0.0114. The van der Waals surface area contributed by atoms with Gasteiger partial charge in [-0.3, -0.25) is 14.9 Å². The van der Waals surface area contributed by atoms with E-state index in [0.29, 0.717) is 22.1 Å². The van der Waals surface area contributed by atoms with E-state index in [1.807, 2.05) is 30.3 Å². The molecular weight excluding hydrogens is 403 g/mol. The predicted molar refractivity (Wildman–Crippen MR) is 113 cm³/mol. The molecule has 1 heterocycles. The van der Waals surface area contributed by atoms with Gasteiger partial charge in [0.25, 0.3) is 0 Å². The maximum absolute atomic E-state index is 13.1. The van der Waals surface area contributed by atoms with Crippen LogP contribution in [0.1, 0.15) is 24.8 Å². The molecule has 1 aliphatic carbocycles. The van der Waals surface area contributed by atoms with Gasteiger partial charge in [-0.05, 0) is 42.7 Å². The molecule has 1 fully saturated rings. The van der Waals surface area contributed by atoms with Crippen LogP contribution in [0.25, 0.3) is 10.6 Å². The fraction of sp³-hybridized carbons (Fsp3) is 0.273. The van der Waals surface area contributed by atoms with Crippen molar-refractivity contribution in [2.75, 3.05) is 5.32 Å². The van der Waals surface area contributed by atoms with E-state index in [9.17, 15) is 14.0 Å². The second kappa shape index (κ2) is 9.13. The highest BCUT2D eigenvalue weighted by Gasteiger charge is 2.29. The van der Waals surface area contributed by atoms with Crippen molar-refractivity contribution >= 4 is 28.3 Å². The van der Waals surface area contributed by atoms with Crippen LogP contribution in [0.4, 0.5) is 9.52 Å². The first-order chi connectivity index (χ1) is 14.6. The van der Waals surface area contributed by atoms with E-state index in [0.717, 1.165) is 24.8 Å². The Morgan fingerprint density at radius 3 is 2.47 bits per heavy atom. The lowest BCUT2D eigenvalue weighted by Crippen LogP contribution is -2.48. The Morgan fingerprint density at radius 2 is 1.80 bits per heavy atom. The molecule has 3 aromatic rings. The van der Waals surface area contributed by atoms with Crippen LogP contribution in [0.3, 0.4) is 0 Å². The van der Waals surface area contributed by atoms with E-state index in [4.69, 9.17) is 0 Å². The summed E-state index contributed by atoms with van der Waals surface area (Å²) in [4.78, 5) is 25.4. The molecule has 2 N–H and O–H groups in total. The molecule has 154 valence electrons. The lowest BCUT2D eigenvalue weighted by molar-refractivity contribution is -0.131. The molecule has 6 nitrogen and oxygen atoms in total. The molecule has 4 rings (SSSR count). The highest BCUT2D eigenvalue weighted by molar-refractivity contribution is 7.18. The lowest BCUT2D eigenvalue weighted by atomic mass is 9.84. The van der Waals surface area contributed by atoms with Crippen molar-refractivity contribution in [2.45, 2.75) is 31.7 Å². The second-order valence-corrected chi connectivity index (χ2v) is 8.26. The standard InChI is InChI=1S/C22H21FN4O2S/c23-17-11-9-16(10-12-17)21-26-27-22(30-21)25-20(29)18(13-14-5-2-1-3-6-14)24-19(28)15-7-4-8-15/h1-3,5-6,9-12,15,18H,4,7-8,13H2,(H,24,28)(H,25,27,29). The lowest BCUT2D eigenvalue weighted by Gasteiger charge is -2.27. The van der Waals surface area contributed by atoms with Crippen molar-refractivity contribution < 1.29 is 14.0 Å². The molecule has 1 saturated carbocycles. The fourth-order valence-corrected chi connectivity index (χ4v) is 3.95. The van der Waals surface area contributed by atoms with Crippen LogP contribution in [0.5, 0.6) is 0 Å². The molecular formula is C22H21FN4O2S. The van der Waals surface area contributed by atoms with Crippen LogP contribution >= 0.6 is 11.3 Å². The quantitative estimate of drug-likeness (QED) is 0.604. The van der Waals surface area contributed by atoms with Crippen LogP contribution in [-0.4, -0.2) is 28.1 Å². The van der Waals surface area contributed by atoms with Gasteiger partial charge in [0, 0.05) is 17.9 Å². The topological polar surface area (TPSA) is 84.0 Å². The zero-order valence-corrected chi connectivity index (χ0v) is 17.0. The van der Waals surface area contributed by atoms with Crippen LogP contribution in [0, 0.1) is 11.7 Å². The summed E-state index contributed by atoms with van der Waals surface area (Å²) >= 11 is 1.20. The smallest absolute Gasteiger partial charge is 0.249 e. The van der Waals surface area contributed by atoms with Crippen molar-refractivity contribution in [3.8, 4) is 10.6 Å². The first-order valence-corrected chi connectivity index (χ1v) is 10.6. The summed E-state index contributed by atoms with van der Waals surface area (Å²) in [6.07, 6.45) is 3.16. The number of hydrogen-bond acceptors (Lipinski definition) is 5. The monoisotopic (exact) mass is 424 g/mol. The Morgan fingerprint density at radius 1 is 1.07 bits per heavy atom. The summed E-state index contributed by atoms with van der Waals surface area (Å²) < 4.78 is 13.1. The molecule has 0 bridgehead atoms. The number of carbonyl (C=O) groups excluding carboxylic acids is 2. The van der Waals surface area contributed by atoms with E-state index in [1.165, 1.54) is 23.5 Å². The van der Waals surface area contributed by atoms with Crippen LogP contribution < -0.4 is 10.6 Å². The number of carbonyl (C=O) groups is 2. The third-order valence-corrected chi connectivity index (χ3v) is 6.03. The van der Waals surface area contributed by atoms with Crippen molar-refractivity contribution in [2.24, 2.45) is 5.92 Å². The molecule has 1 atom stereocenters. The van der Waals surface area contributed by atoms with Crippen molar-refractivity contribution in [3.05, 3.63) is 66.0 Å². The maximum Gasteiger partial charge on any atom is 0.249 e. The fourth-order valence-electron chi connectivity index (χ4n) is 3.19. The molecule has 2 aromatic carbocycles. The number of benzene rings is 2. The molecule has 8 heteroatoms. The summed E-state index contributed by atoms with van der Waals surface area (Å²) in [5.41, 5.74) is 1.67. The van der Waals surface area contributed by atoms with E-state index in [2.05, 4.69) is 20.8 Å². The minimum Gasteiger partial charge on any atom is -0.344 e. The van der Waals surface area contributed by atoms with Gasteiger partial charge in [0.2, 0.25) is 16.9 Å². The van der Waals surface area contributed by atoms with Gasteiger partial charge < -0.3 is 5.32 Å². The average Bonchev–Trinajstić information content (AvgIpc) is 3.16. The van der Waals surface area contributed by atoms with Gasteiger partial charge in [-0.25, -0.2) is 4.39 Å². The van der Waals surface area contributed by atoms with E-state index in [-0.39, 0.29) is 23.5 Å². The number of hydrogen-bond donors (Lipinski definition) is 2. The van der Waals surface area contributed by atoms with Crippen molar-refractivity contribution in [1.29, 1.82) is 0 Å². The molecule has 0 spiro atoms. The van der Waals surface area contributed by atoms with Crippen LogP contribution in [0.15, 0.2) is 54.6 Å². The SMILES string of the molecule is O=C(NC(Cc1ccccc1)C(=O)Nc1nnc(-c2ccc(F)cc2)s1)C1CCC1. The molecule has 1 aromatic heterocycles. The van der Waals surface area contributed by atoms with Gasteiger partial charge >= 0.3 is 0 Å². The highest BCUT2D eigenvalue weighted by atomic mass is 32.1. The Bertz CT molecular complexity index is 1020. The minimum atomic E-state index is -0.710. The summed E-state index contributed by atoms with van der Waals surface area (Å²) in [5.74, 6) is -0.764. The number of nitrogens with one attached hydrogen (secondary N) is 2. The summed E-state index contributed by atoms with van der Waals surface area (Å²) in [6.45, 7) is 0. The molecule has 0 radical (unpaired) electrons. The van der Waals surface area contributed by atoms with Crippen molar-refractivity contribution in [3.63, 3.8) is 0 Å². The maximum atomic E-state index is 13.1. The van der Waals surface area contributed by atoms with Crippen molar-refractivity contribution in [1.82, 2.24) is 15.5 Å². The Kier molecular flexibility index (Phi) is 6.13. The second-order valence-electron chi connectivity index (χ2n) is 7.29. The zero-order valence-electron chi connectivity index (χ0n) is 16.2. The first-order valence-electron chi connectivity index (χ1n) is 9.83. The molecule has 2 amide bonds. The molecule has 1 aliphatic rings. The summed E-state index contributed by atoms with van der Waals surface area (Å²) in [7, 11) is 0. The zero-order chi connectivity index (χ0) is 20.9. The first kappa shape index (κ1) is 20.2. The third kappa shape index (κ3) is 4.88. The number of amides is 2. The number of nitrogens with zero attached hydrogens (tertiary/aromatic N) is 2. The predicted octanol–water partition coefficient (Wildman–Crippen LogP) is 3.81. The Balaban J connectivity index is 1.46. The summed E-state index contributed by atoms with van der Waals surface area (Å²) in [6, 6.07) is 14.8. The van der Waals surface area contributed by atoms with Gasteiger partial charge in [-0.15, -0.1) is 10.2 Å². The molecule has 30 heavy (non-hydrogen) atoms. The van der Waals surface area contributed by atoms with Gasteiger partial charge in [0.15, 0.2) is 0 Å². The number of halogens is 1. The Hall–Kier alpha value is -3.13. The highest BCUT2D eigenvalue weighted by Crippen LogP contribution is 2.28. The van der Waals surface area contributed by atoms with Crippen LogP contribution in [-0.2, 0) is 16.0 Å². The number of anilines is 1. The number of rotatable bonds is 7. The Labute approximate surface area is 177 Å².